The normalized spacial score (nSPS) is 18.4. The molecule has 0 aliphatic carbocycles. The Morgan fingerprint density at radius 1 is 1.32 bits per heavy atom. The lowest BCUT2D eigenvalue weighted by molar-refractivity contribution is 0.0861. The molecule has 2 heterocycles. The van der Waals surface area contributed by atoms with Gasteiger partial charge in [-0.2, -0.15) is 0 Å². The fourth-order valence-electron chi connectivity index (χ4n) is 2.53. The predicted molar refractivity (Wildman–Crippen MR) is 74.2 cm³/mol. The summed E-state index contributed by atoms with van der Waals surface area (Å²) >= 11 is 0. The topological polar surface area (TPSA) is 54.3 Å². The SMILES string of the molecule is CC1(NC(=O)c2cc3ccccc3o2)CCNCC1. The minimum Gasteiger partial charge on any atom is -0.451 e. The first-order chi connectivity index (χ1) is 9.16. The highest BCUT2D eigenvalue weighted by atomic mass is 16.3. The van der Waals surface area contributed by atoms with Gasteiger partial charge in [0.1, 0.15) is 5.58 Å². The number of para-hydroxylation sites is 1. The average molecular weight is 258 g/mol. The molecule has 0 spiro atoms. The Hall–Kier alpha value is -1.81. The van der Waals surface area contributed by atoms with Crippen LogP contribution in [0.2, 0.25) is 0 Å². The largest absolute Gasteiger partial charge is 0.451 e. The zero-order valence-corrected chi connectivity index (χ0v) is 11.0. The zero-order chi connectivity index (χ0) is 13.3. The second-order valence-corrected chi connectivity index (χ2v) is 5.41. The number of benzene rings is 1. The van der Waals surface area contributed by atoms with Gasteiger partial charge in [-0.25, -0.2) is 0 Å². The van der Waals surface area contributed by atoms with Crippen LogP contribution in [-0.4, -0.2) is 24.5 Å². The van der Waals surface area contributed by atoms with Crippen molar-refractivity contribution in [2.75, 3.05) is 13.1 Å². The number of hydrogen-bond donors (Lipinski definition) is 2. The first-order valence-corrected chi connectivity index (χ1v) is 6.68. The van der Waals surface area contributed by atoms with Crippen LogP contribution in [0.5, 0.6) is 0 Å². The standard InChI is InChI=1S/C15H18N2O2/c1-15(6-8-16-9-7-15)17-14(18)13-10-11-4-2-3-5-12(11)19-13/h2-5,10,16H,6-9H2,1H3,(H,17,18). The van der Waals surface area contributed by atoms with E-state index in [0.717, 1.165) is 36.9 Å². The number of nitrogens with one attached hydrogen (secondary N) is 2. The second-order valence-electron chi connectivity index (χ2n) is 5.41. The van der Waals surface area contributed by atoms with Crippen molar-refractivity contribution >= 4 is 16.9 Å². The summed E-state index contributed by atoms with van der Waals surface area (Å²) in [5.41, 5.74) is 0.615. The Kier molecular flexibility index (Phi) is 3.03. The molecule has 1 aliphatic heterocycles. The summed E-state index contributed by atoms with van der Waals surface area (Å²) < 4.78 is 5.59. The minimum atomic E-state index is -0.138. The van der Waals surface area contributed by atoms with E-state index >= 15 is 0 Å². The quantitative estimate of drug-likeness (QED) is 0.869. The molecule has 1 saturated heterocycles. The van der Waals surface area contributed by atoms with E-state index in [1.165, 1.54) is 0 Å². The number of piperidine rings is 1. The Bertz CT molecular complexity index is 564. The Morgan fingerprint density at radius 3 is 2.79 bits per heavy atom. The third-order valence-corrected chi connectivity index (χ3v) is 3.77. The number of rotatable bonds is 2. The van der Waals surface area contributed by atoms with Crippen molar-refractivity contribution in [3.05, 3.63) is 36.1 Å². The van der Waals surface area contributed by atoms with Gasteiger partial charge in [0.05, 0.1) is 0 Å². The van der Waals surface area contributed by atoms with Crippen LogP contribution in [-0.2, 0) is 0 Å². The van der Waals surface area contributed by atoms with Crippen molar-refractivity contribution in [3.63, 3.8) is 0 Å². The summed E-state index contributed by atoms with van der Waals surface area (Å²) in [5, 5.41) is 7.36. The molecule has 1 aromatic carbocycles. The van der Waals surface area contributed by atoms with Crippen LogP contribution in [0.4, 0.5) is 0 Å². The highest BCUT2D eigenvalue weighted by Gasteiger charge is 2.29. The third kappa shape index (κ3) is 2.49. The highest BCUT2D eigenvalue weighted by Crippen LogP contribution is 2.21. The fourth-order valence-corrected chi connectivity index (χ4v) is 2.53. The first-order valence-electron chi connectivity index (χ1n) is 6.68. The number of hydrogen-bond acceptors (Lipinski definition) is 3. The van der Waals surface area contributed by atoms with Gasteiger partial charge in [-0.1, -0.05) is 18.2 Å². The lowest BCUT2D eigenvalue weighted by Gasteiger charge is -2.34. The number of fused-ring (bicyclic) bond motifs is 1. The van der Waals surface area contributed by atoms with Crippen molar-refractivity contribution < 1.29 is 9.21 Å². The van der Waals surface area contributed by atoms with Crippen LogP contribution in [0.15, 0.2) is 34.7 Å². The molecule has 1 fully saturated rings. The van der Waals surface area contributed by atoms with Gasteiger partial charge in [0, 0.05) is 10.9 Å². The molecule has 19 heavy (non-hydrogen) atoms. The van der Waals surface area contributed by atoms with E-state index in [1.54, 1.807) is 6.07 Å². The van der Waals surface area contributed by atoms with Crippen LogP contribution >= 0.6 is 0 Å². The molecular formula is C15H18N2O2. The van der Waals surface area contributed by atoms with E-state index in [4.69, 9.17) is 4.42 Å². The molecular weight excluding hydrogens is 240 g/mol. The maximum absolute atomic E-state index is 12.3. The minimum absolute atomic E-state index is 0.124. The Morgan fingerprint density at radius 2 is 2.05 bits per heavy atom. The Balaban J connectivity index is 1.79. The van der Waals surface area contributed by atoms with Gasteiger partial charge < -0.3 is 15.1 Å². The monoisotopic (exact) mass is 258 g/mol. The van der Waals surface area contributed by atoms with Crippen LogP contribution in [0.25, 0.3) is 11.0 Å². The molecule has 4 nitrogen and oxygen atoms in total. The van der Waals surface area contributed by atoms with Crippen LogP contribution < -0.4 is 10.6 Å². The lowest BCUT2D eigenvalue weighted by atomic mass is 9.90. The van der Waals surface area contributed by atoms with Crippen LogP contribution in [0, 0.1) is 0 Å². The molecule has 0 saturated carbocycles. The van der Waals surface area contributed by atoms with E-state index in [-0.39, 0.29) is 11.4 Å². The molecule has 100 valence electrons. The summed E-state index contributed by atoms with van der Waals surface area (Å²) in [7, 11) is 0. The number of carbonyl (C=O) groups excluding carboxylic acids is 1. The van der Waals surface area contributed by atoms with E-state index < -0.39 is 0 Å². The van der Waals surface area contributed by atoms with Gasteiger partial charge in [0.2, 0.25) is 0 Å². The first kappa shape index (κ1) is 12.2. The molecule has 0 radical (unpaired) electrons. The summed E-state index contributed by atoms with van der Waals surface area (Å²) in [6.07, 6.45) is 1.89. The average Bonchev–Trinajstić information content (AvgIpc) is 2.83. The predicted octanol–water partition coefficient (Wildman–Crippen LogP) is 2.30. The number of carbonyl (C=O) groups is 1. The molecule has 0 atom stereocenters. The van der Waals surface area contributed by atoms with Gasteiger partial charge >= 0.3 is 0 Å². The van der Waals surface area contributed by atoms with Gasteiger partial charge in [-0.15, -0.1) is 0 Å². The maximum atomic E-state index is 12.3. The van der Waals surface area contributed by atoms with E-state index in [1.807, 2.05) is 24.3 Å². The summed E-state index contributed by atoms with van der Waals surface area (Å²) in [4.78, 5) is 12.3. The summed E-state index contributed by atoms with van der Waals surface area (Å²) in [6, 6.07) is 9.46. The highest BCUT2D eigenvalue weighted by molar-refractivity contribution is 5.96. The molecule has 0 unspecified atom stereocenters. The summed E-state index contributed by atoms with van der Waals surface area (Å²) in [5.74, 6) is 0.265. The fraction of sp³-hybridized carbons (Fsp3) is 0.400. The van der Waals surface area contributed by atoms with Crippen molar-refractivity contribution in [2.45, 2.75) is 25.3 Å². The molecule has 2 aromatic rings. The van der Waals surface area contributed by atoms with Crippen molar-refractivity contribution in [1.29, 1.82) is 0 Å². The van der Waals surface area contributed by atoms with Crippen molar-refractivity contribution in [3.8, 4) is 0 Å². The molecule has 3 rings (SSSR count). The van der Waals surface area contributed by atoms with E-state index in [0.29, 0.717) is 5.76 Å². The van der Waals surface area contributed by atoms with Crippen molar-refractivity contribution in [1.82, 2.24) is 10.6 Å². The van der Waals surface area contributed by atoms with E-state index in [9.17, 15) is 4.79 Å². The van der Waals surface area contributed by atoms with Crippen LogP contribution in [0.1, 0.15) is 30.3 Å². The van der Waals surface area contributed by atoms with Gasteiger partial charge in [-0.3, -0.25) is 4.79 Å². The molecule has 0 bridgehead atoms. The number of amides is 1. The van der Waals surface area contributed by atoms with E-state index in [2.05, 4.69) is 17.6 Å². The molecule has 2 N–H and O–H groups in total. The zero-order valence-electron chi connectivity index (χ0n) is 11.0. The molecule has 1 amide bonds. The molecule has 1 aromatic heterocycles. The second kappa shape index (κ2) is 4.70. The summed E-state index contributed by atoms with van der Waals surface area (Å²) in [6.45, 7) is 3.97. The molecule has 4 heteroatoms. The van der Waals surface area contributed by atoms with Crippen LogP contribution in [0.3, 0.4) is 0 Å². The third-order valence-electron chi connectivity index (χ3n) is 3.77. The Labute approximate surface area is 112 Å². The maximum Gasteiger partial charge on any atom is 0.287 e. The smallest absolute Gasteiger partial charge is 0.287 e. The van der Waals surface area contributed by atoms with Crippen molar-refractivity contribution in [2.24, 2.45) is 0 Å². The van der Waals surface area contributed by atoms with Gasteiger partial charge in [-0.05, 0) is 45.0 Å². The van der Waals surface area contributed by atoms with Gasteiger partial charge in [0.15, 0.2) is 5.76 Å². The van der Waals surface area contributed by atoms with Gasteiger partial charge in [0.25, 0.3) is 5.91 Å². The lowest BCUT2D eigenvalue weighted by Crippen LogP contribution is -2.52. The molecule has 1 aliphatic rings. The number of furan rings is 1.